The van der Waals surface area contributed by atoms with Crippen LogP contribution in [0.5, 0.6) is 0 Å². The standard InChI is InChI=1S/110CH4/h110*1H4. The minimum Gasteiger partial charge on any atom is -0.0776 e. The second-order valence-electron chi connectivity index (χ2n) is 0. The smallest absolute Gasteiger partial charge is 0.0776 e. The van der Waals surface area contributed by atoms with Gasteiger partial charge in [-0.15, -0.1) is 0 Å². The van der Waals surface area contributed by atoms with E-state index in [1.165, 1.54) is 0 Å². The molecule has 0 atom stereocenters. The molecule has 0 spiro atoms. The molecule has 0 amide bonds. The molecule has 0 saturated heterocycles. The maximum atomic E-state index is 0. The predicted molar refractivity (Wildman–Crippen MR) is 740 cm³/mol. The molecule has 110 heavy (non-hydrogen) atoms. The molecule has 0 aromatic heterocycles. The first kappa shape index (κ1) is 0. The van der Waals surface area contributed by atoms with Crippen molar-refractivity contribution in [2.75, 3.05) is 0 Å². The van der Waals surface area contributed by atoms with E-state index in [0.29, 0.717) is 0 Å². The van der Waals surface area contributed by atoms with Gasteiger partial charge in [-0.05, 0) is 0 Å². The Morgan fingerprint density at radius 2 is 0.00909 bits per heavy atom. The van der Waals surface area contributed by atoms with Crippen molar-refractivity contribution in [1.29, 1.82) is 0 Å². The van der Waals surface area contributed by atoms with Crippen LogP contribution in [0.1, 0.15) is 817 Å². The molecular formula is C110H440. The van der Waals surface area contributed by atoms with Crippen molar-refractivity contribution < 1.29 is 0 Å². The fraction of sp³-hybridized carbons (Fsp3) is 1.00. The highest BCUT2D eigenvalue weighted by Gasteiger charge is 0.0314. The Kier molecular flexibility index (Phi) is 0. The van der Waals surface area contributed by atoms with Crippen LogP contribution in [0.25, 0.3) is 0 Å². The molecule has 0 heteroatoms. The molecule has 0 N–H and O–H groups in total. The van der Waals surface area contributed by atoms with E-state index in [4.69, 9.17) is 0 Å². The Morgan fingerprint density at radius 3 is 0.00909 bits per heavy atom. The first-order valence-corrected chi connectivity index (χ1v) is 0. The van der Waals surface area contributed by atoms with E-state index in [1.807, 2.05) is 0 Å². The lowest BCUT2D eigenvalue weighted by atomic mass is 12.0. The third-order valence-corrected chi connectivity index (χ3v) is 0. The van der Waals surface area contributed by atoms with Crippen LogP contribution in [0.2, 0.25) is 0 Å². The zero-order valence-electron chi connectivity index (χ0n) is 0. The molecule has 0 aliphatic carbocycles. The summed E-state index contributed by atoms with van der Waals surface area (Å²) in [5.41, 5.74) is 0. The Morgan fingerprint density at radius 1 is 0.00909 bits per heavy atom. The van der Waals surface area contributed by atoms with Crippen LogP contribution < -0.4 is 0 Å². The molecule has 0 heterocycles. The van der Waals surface area contributed by atoms with E-state index < -0.39 is 0 Å². The molecule has 0 radical (unpaired) electrons. The number of rotatable bonds is 0. The zero-order chi connectivity index (χ0) is 0. The lowest BCUT2D eigenvalue weighted by molar-refractivity contribution is 2.50. The lowest BCUT2D eigenvalue weighted by Crippen LogP contribution is 0.143. The summed E-state index contributed by atoms with van der Waals surface area (Å²) in [5.74, 6) is 0. The normalized spacial score (nSPS) is 0. The summed E-state index contributed by atoms with van der Waals surface area (Å²) in [5, 5.41) is 0. The third-order valence-electron chi connectivity index (χ3n) is 0. The average molecular weight is 1760 g/mol. The second-order valence-corrected chi connectivity index (χ2v) is 0. The van der Waals surface area contributed by atoms with Crippen molar-refractivity contribution in [1.82, 2.24) is 0 Å². The van der Waals surface area contributed by atoms with Gasteiger partial charge in [-0.3, -0.25) is 0 Å². The maximum Gasteiger partial charge on any atom is -0.0776 e. The van der Waals surface area contributed by atoms with Gasteiger partial charge in [0.2, 0.25) is 0 Å². The van der Waals surface area contributed by atoms with Crippen LogP contribution in [-0.2, 0) is 0 Å². The number of hydrogen-bond donors (Lipinski definition) is 0. The molecule has 0 nitrogen and oxygen atoms in total. The van der Waals surface area contributed by atoms with Gasteiger partial charge < -0.3 is 0 Å². The average Bonchev–Trinajstić information content (AvgIpc) is 0. The lowest BCUT2D eigenvalue weighted by Gasteiger charge is -0.0786. The largest absolute Gasteiger partial charge is 0.0776 e. The summed E-state index contributed by atoms with van der Waals surface area (Å²) in [6.07, 6.45) is 0. The molecule has 0 rings (SSSR count). The summed E-state index contributed by atoms with van der Waals surface area (Å²) < 4.78 is 0. The highest BCUT2D eigenvalue weighted by molar-refractivity contribution is 2.61. The monoisotopic (exact) mass is 1760 g/mol. The van der Waals surface area contributed by atoms with Crippen LogP contribution in [0.3, 0.4) is 0 Å². The van der Waals surface area contributed by atoms with E-state index in [-0.39, 0.29) is 817 Å². The molecule has 0 aliphatic rings. The molecule has 0 saturated carbocycles. The van der Waals surface area contributed by atoms with E-state index >= 15 is 0 Å². The Hall–Kier alpha value is 0. The van der Waals surface area contributed by atoms with Gasteiger partial charge in [0.1, 0.15) is 0 Å². The molecule has 0 aromatic rings. The van der Waals surface area contributed by atoms with Crippen LogP contribution in [0, 0.1) is 0 Å². The maximum absolute atomic E-state index is 0. The van der Waals surface area contributed by atoms with Crippen LogP contribution in [0.15, 0.2) is 0 Å². The highest BCUT2D eigenvalue weighted by Crippen LogP contribution is 0.253. The SMILES string of the molecule is C.C.C.C.C.C.C.C.C.C.C.C.C.C.C.C.C.C.C.C.C.C.C.C.C.C.C.C.C.C.C.C.C.C.C.C.C.C.C.C.C.C.C.C.C.C.C.C.C.C.C.C.C.C.C.C.C.C.C.C.C.C.C.C.C.C.C.C.C.C.C.C.C.C.C.C.C.C.C.C.C.C.C.C.C.C.C.C.C.C.C.C.C.C.C.C.C.C.C.C.C.C.C.C.C.C.C.C.C.C. The van der Waals surface area contributed by atoms with Gasteiger partial charge in [0.25, 0.3) is 0 Å². The molecule has 0 unspecified atom stereocenters. The summed E-state index contributed by atoms with van der Waals surface area (Å²) in [7, 11) is 0. The summed E-state index contributed by atoms with van der Waals surface area (Å²) in [4.78, 5) is 0. The summed E-state index contributed by atoms with van der Waals surface area (Å²) >= 11 is 0. The summed E-state index contributed by atoms with van der Waals surface area (Å²) in [6, 6.07) is 0. The zero-order valence-corrected chi connectivity index (χ0v) is 0. The molecule has 0 bridgehead atoms. The Balaban J connectivity index is 0. The van der Waals surface area contributed by atoms with E-state index in [0.717, 1.165) is 0 Å². The van der Waals surface area contributed by atoms with E-state index in [1.54, 1.807) is 0 Å². The van der Waals surface area contributed by atoms with Gasteiger partial charge in [0.05, 0.1) is 0 Å². The fourth-order valence-corrected chi connectivity index (χ4v) is 0. The topological polar surface area (TPSA) is 0 Å². The van der Waals surface area contributed by atoms with Crippen molar-refractivity contribution in [3.05, 3.63) is 0 Å². The van der Waals surface area contributed by atoms with E-state index in [2.05, 4.69) is 0 Å². The summed E-state index contributed by atoms with van der Waals surface area (Å²) in [6.45, 7) is 0. The first-order valence-electron chi connectivity index (χ1n) is 0. The predicted octanol–water partition coefficient (Wildman–Crippen LogP) is 70.0. The fourth-order valence-electron chi connectivity index (χ4n) is 0. The number of hydrogen-bond acceptors (Lipinski definition) is 0. The van der Waals surface area contributed by atoms with Crippen molar-refractivity contribution in [3.8, 4) is 0 Å². The Bertz CT molecular complexity index is 0. The van der Waals surface area contributed by atoms with Crippen LogP contribution in [0.4, 0.5) is 0 Å². The van der Waals surface area contributed by atoms with Crippen molar-refractivity contribution >= 4 is 0 Å². The third kappa shape index (κ3) is 0. The van der Waals surface area contributed by atoms with E-state index in [9.17, 15) is 0 Å². The van der Waals surface area contributed by atoms with Crippen molar-refractivity contribution in [2.45, 2.75) is 817 Å². The van der Waals surface area contributed by atoms with Crippen molar-refractivity contribution in [2.24, 2.45) is 0 Å². The van der Waals surface area contributed by atoms with Crippen LogP contribution >= 0.6 is 0 Å². The molecular weight excluding hydrogens is 1320 g/mol. The van der Waals surface area contributed by atoms with Crippen molar-refractivity contribution in [3.63, 3.8) is 0 Å². The van der Waals surface area contributed by atoms with Gasteiger partial charge in [-0.2, -0.15) is 0 Å². The minimum atomic E-state index is 0. The van der Waals surface area contributed by atoms with Gasteiger partial charge in [-0.1, -0.05) is 817 Å². The molecule has 0 fully saturated rings. The first-order chi connectivity index (χ1) is 0. The second kappa shape index (κ2) is 0. The Labute approximate surface area is 812 Å². The molecule has 0 aromatic carbocycles. The van der Waals surface area contributed by atoms with Gasteiger partial charge in [0.15, 0.2) is 0 Å². The van der Waals surface area contributed by atoms with Gasteiger partial charge in [0, 0.05) is 0 Å². The minimum absolute atomic E-state index is 0. The van der Waals surface area contributed by atoms with Crippen LogP contribution in [-0.4, -0.2) is 0 Å². The molecule has 0 aliphatic heterocycles. The molecule has 880 valence electrons. The van der Waals surface area contributed by atoms with Gasteiger partial charge >= 0.3 is 0 Å². The van der Waals surface area contributed by atoms with Gasteiger partial charge in [-0.25, -0.2) is 0 Å². The highest BCUT2D eigenvalue weighted by atomic mass is 12.1. The quantitative estimate of drug-likeness (QED) is 0.227.